The fourth-order valence-electron chi connectivity index (χ4n) is 8.70. The van der Waals surface area contributed by atoms with Gasteiger partial charge in [-0.05, 0) is 77.0 Å². The van der Waals surface area contributed by atoms with Crippen molar-refractivity contribution in [3.05, 3.63) is 72.9 Å². The largest absolute Gasteiger partial charge is 0.394 e. The second kappa shape index (κ2) is 38.7. The Morgan fingerprint density at radius 3 is 1.50 bits per heavy atom. The van der Waals surface area contributed by atoms with Crippen molar-refractivity contribution < 1.29 is 89.4 Å². The van der Waals surface area contributed by atoms with Gasteiger partial charge in [0.1, 0.15) is 73.2 Å². The van der Waals surface area contributed by atoms with Gasteiger partial charge in [0.2, 0.25) is 5.91 Å². The van der Waals surface area contributed by atoms with Crippen molar-refractivity contribution in [1.82, 2.24) is 5.32 Å². The zero-order chi connectivity index (χ0) is 54.1. The number of carbonyl (C=O) groups is 1. The number of ether oxygens (including phenoxy) is 6. The summed E-state index contributed by atoms with van der Waals surface area (Å²) in [6, 6.07) is -1.00. The Labute approximate surface area is 438 Å². The molecule has 426 valence electrons. The molecular weight excluding hydrogens is 963 g/mol. The van der Waals surface area contributed by atoms with Gasteiger partial charge in [-0.2, -0.15) is 0 Å². The lowest BCUT2D eigenvalue weighted by atomic mass is 9.96. The van der Waals surface area contributed by atoms with Crippen molar-refractivity contribution in [2.24, 2.45) is 0 Å². The minimum atomic E-state index is -1.98. The molecule has 3 rings (SSSR count). The topological polar surface area (TPSA) is 307 Å². The zero-order valence-electron chi connectivity index (χ0n) is 43.8. The van der Waals surface area contributed by atoms with Crippen molar-refractivity contribution in [2.75, 3.05) is 26.4 Å². The number of allylic oxidation sites excluding steroid dienone is 11. The molecule has 19 heteroatoms. The van der Waals surface area contributed by atoms with Crippen LogP contribution in [0.2, 0.25) is 0 Å². The molecule has 19 nitrogen and oxygen atoms in total. The third-order valence-electron chi connectivity index (χ3n) is 13.2. The Morgan fingerprint density at radius 1 is 0.500 bits per heavy atom. The molecule has 0 saturated carbocycles. The van der Waals surface area contributed by atoms with Crippen LogP contribution >= 0.6 is 0 Å². The van der Waals surface area contributed by atoms with Crippen LogP contribution in [0.25, 0.3) is 0 Å². The van der Waals surface area contributed by atoms with E-state index in [1.807, 2.05) is 0 Å². The maximum Gasteiger partial charge on any atom is 0.220 e. The van der Waals surface area contributed by atoms with Crippen LogP contribution in [0, 0.1) is 0 Å². The molecule has 3 fully saturated rings. The van der Waals surface area contributed by atoms with Crippen LogP contribution in [0.5, 0.6) is 0 Å². The van der Waals surface area contributed by atoms with Crippen molar-refractivity contribution in [1.29, 1.82) is 0 Å². The van der Waals surface area contributed by atoms with Crippen LogP contribution in [-0.4, -0.2) is 193 Å². The van der Waals surface area contributed by atoms with Crippen molar-refractivity contribution in [3.8, 4) is 0 Å². The van der Waals surface area contributed by atoms with Gasteiger partial charge in [0, 0.05) is 6.42 Å². The Kier molecular flexibility index (Phi) is 34.3. The summed E-state index contributed by atoms with van der Waals surface area (Å²) in [5.41, 5.74) is 0. The van der Waals surface area contributed by atoms with Crippen LogP contribution in [0.4, 0.5) is 0 Å². The van der Waals surface area contributed by atoms with Gasteiger partial charge in [0.05, 0.1) is 38.6 Å². The third kappa shape index (κ3) is 23.5. The Morgan fingerprint density at radius 2 is 0.946 bits per heavy atom. The summed E-state index contributed by atoms with van der Waals surface area (Å²) in [7, 11) is 0. The number of nitrogens with one attached hydrogen (secondary N) is 1. The predicted octanol–water partition coefficient (Wildman–Crippen LogP) is 3.09. The van der Waals surface area contributed by atoms with Gasteiger partial charge in [-0.25, -0.2) is 0 Å². The van der Waals surface area contributed by atoms with Gasteiger partial charge < -0.3 is 89.9 Å². The highest BCUT2D eigenvalue weighted by atomic mass is 16.8. The number of unbranched alkanes of at least 4 members (excludes halogenated alkanes) is 11. The molecule has 3 aliphatic rings. The minimum absolute atomic E-state index is 0.213. The highest BCUT2D eigenvalue weighted by molar-refractivity contribution is 5.76. The van der Waals surface area contributed by atoms with E-state index in [1.165, 1.54) is 19.3 Å². The first-order chi connectivity index (χ1) is 35.8. The average molecular weight is 1060 g/mol. The lowest BCUT2D eigenvalue weighted by molar-refractivity contribution is -0.379. The standard InChI is InChI=1S/C55H93NO18/c1-3-5-7-9-11-13-15-16-17-18-19-20-21-22-23-25-27-29-31-33-43(61)56-38(39(60)32-30-28-26-24-14-12-10-8-6-4-2)37-69-53-49(67)46(64)51(41(35-58)71-53)74-55-50(68)47(65)52(42(36-59)72-55)73-54-48(66)45(63)44(62)40(34-57)70-54/h6,8,11,13-14,16-17,19-20,24,30,32,38-42,44-55,57-60,62-68H,3-5,7,9-10,12,15,18,21-23,25-29,31,33-37H2,1-2H3,(H,56,61)/b8-6+,13-11-,17-16-,20-19-,24-14+,32-30+. The van der Waals surface area contributed by atoms with E-state index >= 15 is 0 Å². The zero-order valence-corrected chi connectivity index (χ0v) is 43.8. The highest BCUT2D eigenvalue weighted by Gasteiger charge is 2.53. The van der Waals surface area contributed by atoms with Crippen LogP contribution in [0.3, 0.4) is 0 Å². The number of hydrogen-bond acceptors (Lipinski definition) is 18. The first-order valence-electron chi connectivity index (χ1n) is 27.2. The summed E-state index contributed by atoms with van der Waals surface area (Å²) >= 11 is 0. The molecule has 3 saturated heterocycles. The van der Waals surface area contributed by atoms with Gasteiger partial charge >= 0.3 is 0 Å². The second-order valence-electron chi connectivity index (χ2n) is 19.3. The van der Waals surface area contributed by atoms with Crippen molar-refractivity contribution in [2.45, 2.75) is 240 Å². The molecule has 12 N–H and O–H groups in total. The second-order valence-corrected chi connectivity index (χ2v) is 19.3. The molecule has 0 aromatic heterocycles. The van der Waals surface area contributed by atoms with E-state index in [9.17, 15) is 61.0 Å². The van der Waals surface area contributed by atoms with Crippen LogP contribution in [0.15, 0.2) is 72.9 Å². The van der Waals surface area contributed by atoms with E-state index in [0.29, 0.717) is 12.8 Å². The Balaban J connectivity index is 1.53. The van der Waals surface area contributed by atoms with Crippen LogP contribution in [-0.2, 0) is 33.2 Å². The molecule has 3 heterocycles. The number of aliphatic hydroxyl groups is 11. The summed E-state index contributed by atoms with van der Waals surface area (Å²) in [5, 5.41) is 120. The molecule has 74 heavy (non-hydrogen) atoms. The van der Waals surface area contributed by atoms with Gasteiger partial charge in [-0.1, -0.05) is 125 Å². The summed E-state index contributed by atoms with van der Waals surface area (Å²) in [4.78, 5) is 13.2. The molecule has 1 amide bonds. The van der Waals surface area contributed by atoms with Gasteiger partial charge in [0.25, 0.3) is 0 Å². The molecular formula is C55H93NO18. The van der Waals surface area contributed by atoms with Gasteiger partial charge in [0.15, 0.2) is 18.9 Å². The summed E-state index contributed by atoms with van der Waals surface area (Å²) in [6.07, 6.45) is 16.3. The van der Waals surface area contributed by atoms with E-state index in [0.717, 1.165) is 83.5 Å². The van der Waals surface area contributed by atoms with Crippen molar-refractivity contribution >= 4 is 5.91 Å². The number of amides is 1. The van der Waals surface area contributed by atoms with Gasteiger partial charge in [-0.3, -0.25) is 4.79 Å². The van der Waals surface area contributed by atoms with Crippen LogP contribution in [0.1, 0.15) is 136 Å². The maximum atomic E-state index is 13.2. The van der Waals surface area contributed by atoms with E-state index in [1.54, 1.807) is 12.2 Å². The average Bonchev–Trinajstić information content (AvgIpc) is 3.40. The molecule has 0 aromatic rings. The number of rotatable bonds is 37. The van der Waals surface area contributed by atoms with Crippen LogP contribution < -0.4 is 5.32 Å². The monoisotopic (exact) mass is 1060 g/mol. The SMILES string of the molecule is CC/C=C/CC/C=C/CC/C=C/C(O)C(COC1OC(CO)C(OC2OC(CO)C(OC3OC(CO)C(O)C(O)C3O)C(O)C2O)C(O)C1O)NC(=O)CCCCCCCC/C=C\C/C=C\C/C=C\CCCCC. The highest BCUT2D eigenvalue weighted by Crippen LogP contribution is 2.33. The van der Waals surface area contributed by atoms with E-state index in [-0.39, 0.29) is 18.9 Å². The molecule has 0 aliphatic carbocycles. The smallest absolute Gasteiger partial charge is 0.220 e. The number of hydrogen-bond donors (Lipinski definition) is 12. The molecule has 0 bridgehead atoms. The van der Waals surface area contributed by atoms with Gasteiger partial charge in [-0.15, -0.1) is 0 Å². The quantitative estimate of drug-likeness (QED) is 0.0314. The van der Waals surface area contributed by atoms with E-state index < -0.39 is 124 Å². The first-order valence-corrected chi connectivity index (χ1v) is 27.2. The molecule has 0 spiro atoms. The number of carbonyl (C=O) groups excluding carboxylic acids is 1. The Hall–Kier alpha value is -2.77. The third-order valence-corrected chi connectivity index (χ3v) is 13.2. The first kappa shape index (κ1) is 65.5. The van der Waals surface area contributed by atoms with E-state index in [2.05, 4.69) is 79.9 Å². The fourth-order valence-corrected chi connectivity index (χ4v) is 8.70. The fraction of sp³-hybridized carbons (Fsp3) is 0.764. The molecule has 0 aromatic carbocycles. The maximum absolute atomic E-state index is 13.2. The minimum Gasteiger partial charge on any atom is -0.394 e. The lowest BCUT2D eigenvalue weighted by Crippen LogP contribution is -2.66. The summed E-state index contributed by atoms with van der Waals surface area (Å²) in [6.45, 7) is 1.48. The molecule has 3 aliphatic heterocycles. The Bertz CT molecular complexity index is 1640. The molecule has 17 unspecified atom stereocenters. The molecule has 0 radical (unpaired) electrons. The van der Waals surface area contributed by atoms with Crippen molar-refractivity contribution in [3.63, 3.8) is 0 Å². The predicted molar refractivity (Wildman–Crippen MR) is 277 cm³/mol. The number of aliphatic hydroxyl groups excluding tert-OH is 11. The summed E-state index contributed by atoms with van der Waals surface area (Å²) in [5.74, 6) is -0.310. The van der Waals surface area contributed by atoms with E-state index in [4.69, 9.17) is 28.4 Å². The molecule has 17 atom stereocenters. The lowest BCUT2D eigenvalue weighted by Gasteiger charge is -2.48. The summed E-state index contributed by atoms with van der Waals surface area (Å²) < 4.78 is 34.1. The normalized spacial score (nSPS) is 32.0.